The number of hydrogen-bond donors (Lipinski definition) is 0. The molecule has 6 rings (SSSR count). The van der Waals surface area contributed by atoms with Gasteiger partial charge in [-0.3, -0.25) is 9.59 Å². The molecule has 4 aromatic carbocycles. The summed E-state index contributed by atoms with van der Waals surface area (Å²) in [5, 5.41) is -0.474. The molecular weight excluding hydrogens is 889 g/mol. The summed E-state index contributed by atoms with van der Waals surface area (Å²) in [5.74, 6) is -2.80. The fourth-order valence-electron chi connectivity index (χ4n) is 5.30. The summed E-state index contributed by atoms with van der Waals surface area (Å²) >= 11 is 0. The van der Waals surface area contributed by atoms with E-state index in [4.69, 9.17) is 18.3 Å². The normalized spacial score (nSPS) is 12.4. The molecule has 0 radical (unpaired) electrons. The maximum Gasteiger partial charge on any atom is 0.262 e. The molecule has 0 fully saturated rings. The minimum absolute atomic E-state index is 0.130. The molecule has 0 aliphatic carbocycles. The van der Waals surface area contributed by atoms with Crippen LogP contribution in [0, 0.1) is 0 Å². The molecule has 2 aromatic heterocycles. The molecule has 0 N–H and O–H groups in total. The quantitative estimate of drug-likeness (QED) is 0.0765. The zero-order valence-corrected chi connectivity index (χ0v) is 32.5. The van der Waals surface area contributed by atoms with Gasteiger partial charge in [0.2, 0.25) is 0 Å². The van der Waals surface area contributed by atoms with Crippen LogP contribution in [0.25, 0.3) is 44.6 Å². The molecule has 316 valence electrons. The third-order valence-corrected chi connectivity index (χ3v) is 9.03. The fraction of sp³-hybridized carbons (Fsp3) is 0.0588. The van der Waals surface area contributed by atoms with E-state index in [0.29, 0.717) is 0 Å². The van der Waals surface area contributed by atoms with Crippen molar-refractivity contribution >= 4 is 63.5 Å². The Hall–Kier alpha value is -6.52. The number of ether oxygens (including phenoxy) is 2. The highest BCUT2D eigenvalue weighted by Gasteiger charge is 2.18. The first-order valence-corrected chi connectivity index (χ1v) is 21.3. The van der Waals surface area contributed by atoms with Crippen LogP contribution in [0.1, 0.15) is 0 Å². The topological polar surface area (TPSA) is 345 Å². The monoisotopic (exact) mass is 908 g/mol. The van der Waals surface area contributed by atoms with Crippen molar-refractivity contribution in [1.82, 2.24) is 0 Å². The van der Waals surface area contributed by atoms with Gasteiger partial charge in [0, 0.05) is 47.5 Å². The molecule has 0 spiro atoms. The average molecular weight is 909 g/mol. The predicted octanol–water partition coefficient (Wildman–Crippen LogP) is 2.60. The van der Waals surface area contributed by atoms with Crippen molar-refractivity contribution in [2.75, 3.05) is 13.2 Å². The second kappa shape index (κ2) is 16.6. The molecule has 22 nitrogen and oxygen atoms in total. The first kappa shape index (κ1) is 43.1. The van der Waals surface area contributed by atoms with E-state index in [2.05, 4.69) is 16.7 Å². The molecule has 0 bridgehead atoms. The van der Waals surface area contributed by atoms with Crippen LogP contribution in [0.15, 0.2) is 116 Å². The van der Waals surface area contributed by atoms with Gasteiger partial charge >= 0.3 is 0 Å². The number of benzene rings is 4. The zero-order valence-electron chi connectivity index (χ0n) is 29.3. The van der Waals surface area contributed by atoms with E-state index in [1.165, 1.54) is 36.4 Å². The van der Waals surface area contributed by atoms with E-state index < -0.39 is 64.0 Å². The smallest absolute Gasteiger partial charge is 0.262 e. The lowest BCUT2D eigenvalue weighted by atomic mass is 10.1. The van der Waals surface area contributed by atoms with Crippen LogP contribution in [0.3, 0.4) is 0 Å². The van der Waals surface area contributed by atoms with Crippen molar-refractivity contribution in [1.29, 1.82) is 0 Å². The highest BCUT2D eigenvalue weighted by molar-refractivity contribution is 7.81. The van der Waals surface area contributed by atoms with Crippen LogP contribution in [0.4, 0.5) is 0 Å². The van der Waals surface area contributed by atoms with Crippen LogP contribution in [0.5, 0.6) is 34.5 Å². The Labute approximate surface area is 337 Å². The van der Waals surface area contributed by atoms with Gasteiger partial charge in [0.05, 0.1) is 0 Å². The van der Waals surface area contributed by atoms with Crippen LogP contribution in [0.2, 0.25) is 0 Å². The molecule has 26 heteroatoms. The van der Waals surface area contributed by atoms with E-state index in [-0.39, 0.29) is 80.8 Å². The van der Waals surface area contributed by atoms with E-state index in [1.807, 2.05) is 0 Å². The van der Waals surface area contributed by atoms with Crippen LogP contribution < -0.4 is 37.1 Å². The number of hydrogen-bond acceptors (Lipinski definition) is 22. The second-order valence-corrected chi connectivity index (χ2v) is 15.6. The molecule has 0 saturated heterocycles. The maximum absolute atomic E-state index is 13.3. The van der Waals surface area contributed by atoms with Gasteiger partial charge < -0.3 is 53.3 Å². The Morgan fingerprint density at radius 3 is 1.08 bits per heavy atom. The summed E-state index contributed by atoms with van der Waals surface area (Å²) in [5.41, 5.74) is -1.75. The summed E-state index contributed by atoms with van der Waals surface area (Å²) in [6, 6.07) is 15.1. The highest BCUT2D eigenvalue weighted by Crippen LogP contribution is 2.35. The Morgan fingerprint density at radius 2 is 0.767 bits per heavy atom. The Balaban J connectivity index is 1.24. The molecule has 0 atom stereocenters. The molecule has 60 heavy (non-hydrogen) atoms. The van der Waals surface area contributed by atoms with Crippen molar-refractivity contribution < 1.29 is 86.9 Å². The van der Waals surface area contributed by atoms with Gasteiger partial charge in [0.1, 0.15) is 81.2 Å². The molecule has 0 saturated carbocycles. The third-order valence-electron chi connectivity index (χ3n) is 7.44. The van der Waals surface area contributed by atoms with E-state index in [1.54, 1.807) is 0 Å². The van der Waals surface area contributed by atoms with Crippen LogP contribution >= 0.6 is 0 Å². The van der Waals surface area contributed by atoms with Gasteiger partial charge in [-0.25, -0.2) is 33.7 Å². The third kappa shape index (κ3) is 11.6. The van der Waals surface area contributed by atoms with E-state index in [0.717, 1.165) is 60.7 Å². The van der Waals surface area contributed by atoms with Crippen molar-refractivity contribution in [3.63, 3.8) is 0 Å². The first-order valence-electron chi connectivity index (χ1n) is 16.0. The number of fused-ring (bicyclic) bond motifs is 2. The first-order chi connectivity index (χ1) is 28.0. The largest absolute Gasteiger partial charge is 0.716 e. The molecule has 0 unspecified atom stereocenters. The van der Waals surface area contributed by atoms with Gasteiger partial charge in [0.25, 0.3) is 41.6 Å². The summed E-state index contributed by atoms with van der Waals surface area (Å²) in [4.78, 5) is 26.5. The van der Waals surface area contributed by atoms with Gasteiger partial charge in [-0.05, 0) is 60.7 Å². The molecule has 0 aliphatic heterocycles. The van der Waals surface area contributed by atoms with Crippen molar-refractivity contribution in [3.8, 4) is 57.1 Å². The van der Waals surface area contributed by atoms with E-state index in [9.17, 15) is 61.5 Å². The lowest BCUT2D eigenvalue weighted by Gasteiger charge is -2.14. The summed E-state index contributed by atoms with van der Waals surface area (Å²) in [6.45, 7) is -0.739. The fourth-order valence-corrected chi connectivity index (χ4v) is 6.66. The Kier molecular flexibility index (Phi) is 11.9. The lowest BCUT2D eigenvalue weighted by molar-refractivity contribution is 0.348. The summed E-state index contributed by atoms with van der Waals surface area (Å²) in [6.07, 6.45) is 2.64. The molecule has 6 aromatic rings. The SMILES string of the molecule is O=c1cc(-c2ccc(OS(=O)(=O)[O-])cc2)oc2cc(OS(=O)(=O)[O-])cc(OCC=CCOc3cc(OS(=O)(=O)[O-])cc4oc(-c5ccc(OS(=O)(=O)[O-])cc5)cc(=O)c34)c12. The van der Waals surface area contributed by atoms with Crippen molar-refractivity contribution in [3.05, 3.63) is 118 Å². The minimum Gasteiger partial charge on any atom is -0.716 e. The zero-order chi connectivity index (χ0) is 43.6. The van der Waals surface area contributed by atoms with Crippen LogP contribution in [-0.4, -0.2) is 65.1 Å². The summed E-state index contributed by atoms with van der Waals surface area (Å²) < 4.78 is 174. The summed E-state index contributed by atoms with van der Waals surface area (Å²) in [7, 11) is -20.8. The van der Waals surface area contributed by atoms with Gasteiger partial charge in [0.15, 0.2) is 10.9 Å². The van der Waals surface area contributed by atoms with E-state index >= 15 is 0 Å². The van der Waals surface area contributed by atoms with Crippen molar-refractivity contribution in [2.45, 2.75) is 0 Å². The molecule has 0 amide bonds. The standard InChI is InChI=1S/C34H24O22S4/c35-25-17-27(19-3-7-21(8-4-19)53-57(37,38)39)51-31-15-23(55-59(43,44)45)13-29(33(25)31)49-11-1-2-12-50-30-14-24(56-60(46,47)48)16-32-34(30)26(36)18-28(52-32)20-5-9-22(10-6-20)54-58(40,41)42/h1-10,13-18H,11-12H2,(H,37,38,39)(H,40,41,42)(H,43,44,45)(H,46,47,48)/p-4. The Bertz CT molecular complexity index is 3010. The number of rotatable bonds is 16. The maximum atomic E-state index is 13.3. The second-order valence-electron chi connectivity index (χ2n) is 11.6. The van der Waals surface area contributed by atoms with Crippen LogP contribution in [-0.2, 0) is 41.6 Å². The Morgan fingerprint density at radius 1 is 0.450 bits per heavy atom. The average Bonchev–Trinajstić information content (AvgIpc) is 3.10. The predicted molar refractivity (Wildman–Crippen MR) is 197 cm³/mol. The molecule has 0 aliphatic rings. The van der Waals surface area contributed by atoms with Gasteiger partial charge in [-0.15, -0.1) is 0 Å². The lowest BCUT2D eigenvalue weighted by Crippen LogP contribution is -2.09. The van der Waals surface area contributed by atoms with Gasteiger partial charge in [-0.1, -0.05) is 0 Å². The van der Waals surface area contributed by atoms with Crippen molar-refractivity contribution in [2.24, 2.45) is 0 Å². The van der Waals surface area contributed by atoms with Gasteiger partial charge in [-0.2, -0.15) is 0 Å². The molecule has 2 heterocycles. The minimum atomic E-state index is -5.33. The highest BCUT2D eigenvalue weighted by atomic mass is 32.3. The molecular formula is C34H20O22S4-4.